The minimum Gasteiger partial charge on any atom is -0.373 e. The predicted octanol–water partition coefficient (Wildman–Crippen LogP) is 2.26. The van der Waals surface area contributed by atoms with E-state index in [1.165, 1.54) is 6.33 Å². The fourth-order valence-corrected chi connectivity index (χ4v) is 3.88. The summed E-state index contributed by atoms with van der Waals surface area (Å²) in [6, 6.07) is 0.321. The van der Waals surface area contributed by atoms with E-state index < -0.39 is 0 Å². The van der Waals surface area contributed by atoms with Crippen LogP contribution in [0.2, 0.25) is 0 Å². The van der Waals surface area contributed by atoms with Crippen molar-refractivity contribution in [2.75, 3.05) is 31.1 Å². The number of anilines is 1. The summed E-state index contributed by atoms with van der Waals surface area (Å²) < 4.78 is 20.4. The third-order valence-corrected chi connectivity index (χ3v) is 4.79. The number of ether oxygens (including phenoxy) is 1. The van der Waals surface area contributed by atoms with Crippen LogP contribution in [0.15, 0.2) is 6.33 Å². The van der Waals surface area contributed by atoms with Crippen LogP contribution < -0.4 is 4.90 Å². The smallest absolute Gasteiger partial charge is 0.187 e. The molecule has 6 heteroatoms. The summed E-state index contributed by atoms with van der Waals surface area (Å²) in [7, 11) is 0. The molecule has 128 valence electrons. The molecule has 3 rings (SSSR count). The van der Waals surface area contributed by atoms with Gasteiger partial charge in [-0.1, -0.05) is 6.92 Å². The molecule has 0 amide bonds. The molecule has 3 heterocycles. The first kappa shape index (κ1) is 16.6. The van der Waals surface area contributed by atoms with E-state index in [1.54, 1.807) is 0 Å². The zero-order chi connectivity index (χ0) is 16.4. The SMILES string of the molecule is CCc1ncnc(N2CCC[C@@H]2CN2C[C@@H](C)O[C@@H](C)C2)c1F. The van der Waals surface area contributed by atoms with Crippen molar-refractivity contribution in [3.8, 4) is 0 Å². The average molecular weight is 322 g/mol. The zero-order valence-electron chi connectivity index (χ0n) is 14.3. The average Bonchev–Trinajstić information content (AvgIpc) is 2.94. The standard InChI is InChI=1S/C17H27FN4O/c1-4-15-16(18)17(20-11-19-15)22-7-5-6-14(22)10-21-8-12(2)23-13(3)9-21/h11-14H,4-10H2,1-3H3/t12-,13+,14-/m1/s1. The van der Waals surface area contributed by atoms with Gasteiger partial charge in [-0.25, -0.2) is 14.4 Å². The van der Waals surface area contributed by atoms with Gasteiger partial charge in [-0.3, -0.25) is 4.90 Å². The Balaban J connectivity index is 1.73. The molecule has 0 aliphatic carbocycles. The van der Waals surface area contributed by atoms with Gasteiger partial charge in [0.15, 0.2) is 11.6 Å². The molecule has 0 saturated carbocycles. The fourth-order valence-electron chi connectivity index (χ4n) is 3.88. The zero-order valence-corrected chi connectivity index (χ0v) is 14.3. The maximum Gasteiger partial charge on any atom is 0.187 e. The number of morpholine rings is 1. The predicted molar refractivity (Wildman–Crippen MR) is 88.2 cm³/mol. The maximum atomic E-state index is 14.6. The summed E-state index contributed by atoms with van der Waals surface area (Å²) in [6.45, 7) is 9.87. The third-order valence-electron chi connectivity index (χ3n) is 4.79. The lowest BCUT2D eigenvalue weighted by atomic mass is 10.1. The van der Waals surface area contributed by atoms with Gasteiger partial charge in [0.25, 0.3) is 0 Å². The molecule has 0 bridgehead atoms. The first-order valence-corrected chi connectivity index (χ1v) is 8.72. The molecule has 23 heavy (non-hydrogen) atoms. The molecule has 5 nitrogen and oxygen atoms in total. The van der Waals surface area contributed by atoms with E-state index >= 15 is 0 Å². The lowest BCUT2D eigenvalue weighted by Gasteiger charge is -2.38. The van der Waals surface area contributed by atoms with Crippen LogP contribution in [-0.2, 0) is 11.2 Å². The van der Waals surface area contributed by atoms with Crippen molar-refractivity contribution < 1.29 is 9.13 Å². The fraction of sp³-hybridized carbons (Fsp3) is 0.765. The number of hydrogen-bond acceptors (Lipinski definition) is 5. The third kappa shape index (κ3) is 3.63. The topological polar surface area (TPSA) is 41.5 Å². The second-order valence-corrected chi connectivity index (χ2v) is 6.78. The quantitative estimate of drug-likeness (QED) is 0.850. The number of aromatic nitrogens is 2. The van der Waals surface area contributed by atoms with E-state index in [2.05, 4.69) is 33.6 Å². The first-order chi connectivity index (χ1) is 11.1. The van der Waals surface area contributed by atoms with Gasteiger partial charge in [-0.05, 0) is 33.1 Å². The van der Waals surface area contributed by atoms with E-state index in [9.17, 15) is 4.39 Å². The highest BCUT2D eigenvalue weighted by Crippen LogP contribution is 2.28. The summed E-state index contributed by atoms with van der Waals surface area (Å²) in [4.78, 5) is 12.9. The molecule has 1 aromatic rings. The van der Waals surface area contributed by atoms with Gasteiger partial charge in [0, 0.05) is 32.2 Å². The molecule has 3 atom stereocenters. The van der Waals surface area contributed by atoms with Gasteiger partial charge < -0.3 is 9.64 Å². The number of aryl methyl sites for hydroxylation is 1. The van der Waals surface area contributed by atoms with Gasteiger partial charge in [0.2, 0.25) is 0 Å². The molecule has 0 unspecified atom stereocenters. The van der Waals surface area contributed by atoms with Crippen molar-refractivity contribution in [3.05, 3.63) is 17.8 Å². The maximum absolute atomic E-state index is 14.6. The molecule has 1 aromatic heterocycles. The van der Waals surface area contributed by atoms with E-state index in [0.717, 1.165) is 39.0 Å². The van der Waals surface area contributed by atoms with Crippen molar-refractivity contribution in [1.82, 2.24) is 14.9 Å². The van der Waals surface area contributed by atoms with E-state index in [1.807, 2.05) is 6.92 Å². The van der Waals surface area contributed by atoms with Crippen LogP contribution in [0.1, 0.15) is 39.3 Å². The van der Waals surface area contributed by atoms with Crippen molar-refractivity contribution in [3.63, 3.8) is 0 Å². The molecule has 0 radical (unpaired) electrons. The molecule has 2 fully saturated rings. The van der Waals surface area contributed by atoms with Crippen LogP contribution in [0.5, 0.6) is 0 Å². The van der Waals surface area contributed by atoms with Crippen LogP contribution in [0.3, 0.4) is 0 Å². The highest BCUT2D eigenvalue weighted by molar-refractivity contribution is 5.43. The number of hydrogen-bond donors (Lipinski definition) is 0. The second-order valence-electron chi connectivity index (χ2n) is 6.78. The van der Waals surface area contributed by atoms with Crippen LogP contribution in [0.4, 0.5) is 10.2 Å². The molecule has 0 N–H and O–H groups in total. The Morgan fingerprint density at radius 1 is 1.26 bits per heavy atom. The van der Waals surface area contributed by atoms with Crippen molar-refractivity contribution in [2.45, 2.75) is 58.3 Å². The molecular formula is C17H27FN4O. The first-order valence-electron chi connectivity index (χ1n) is 8.72. The Hall–Kier alpha value is -1.27. The molecular weight excluding hydrogens is 295 g/mol. The van der Waals surface area contributed by atoms with Crippen LogP contribution >= 0.6 is 0 Å². The Labute approximate surface area is 137 Å². The van der Waals surface area contributed by atoms with Crippen molar-refractivity contribution in [1.29, 1.82) is 0 Å². The highest BCUT2D eigenvalue weighted by Gasteiger charge is 2.32. The van der Waals surface area contributed by atoms with Gasteiger partial charge in [0.1, 0.15) is 6.33 Å². The second kappa shape index (κ2) is 7.09. The summed E-state index contributed by atoms with van der Waals surface area (Å²) in [5.41, 5.74) is 0.509. The summed E-state index contributed by atoms with van der Waals surface area (Å²) >= 11 is 0. The van der Waals surface area contributed by atoms with E-state index in [-0.39, 0.29) is 18.0 Å². The van der Waals surface area contributed by atoms with Crippen molar-refractivity contribution >= 4 is 5.82 Å². The number of halogens is 1. The van der Waals surface area contributed by atoms with E-state index in [0.29, 0.717) is 24.0 Å². The molecule has 2 aliphatic heterocycles. The lowest BCUT2D eigenvalue weighted by molar-refractivity contribution is -0.0690. The molecule has 0 aromatic carbocycles. The van der Waals surface area contributed by atoms with Crippen molar-refractivity contribution in [2.24, 2.45) is 0 Å². The summed E-state index contributed by atoms with van der Waals surface area (Å²) in [5.74, 6) is 0.235. The minimum absolute atomic E-state index is 0.245. The Kier molecular flexibility index (Phi) is 5.11. The van der Waals surface area contributed by atoms with Crippen LogP contribution in [0, 0.1) is 5.82 Å². The van der Waals surface area contributed by atoms with E-state index in [4.69, 9.17) is 4.74 Å². The van der Waals surface area contributed by atoms with Gasteiger partial charge in [-0.15, -0.1) is 0 Å². The van der Waals surface area contributed by atoms with Crippen LogP contribution in [0.25, 0.3) is 0 Å². The normalized spacial score (nSPS) is 29.2. The minimum atomic E-state index is -0.245. The monoisotopic (exact) mass is 322 g/mol. The lowest BCUT2D eigenvalue weighted by Crippen LogP contribution is -2.50. The van der Waals surface area contributed by atoms with Gasteiger partial charge in [0.05, 0.1) is 17.9 Å². The molecule has 2 saturated heterocycles. The van der Waals surface area contributed by atoms with Gasteiger partial charge >= 0.3 is 0 Å². The Bertz CT molecular complexity index is 531. The summed E-state index contributed by atoms with van der Waals surface area (Å²) in [5, 5.41) is 0. The Morgan fingerprint density at radius 3 is 2.70 bits per heavy atom. The molecule has 0 spiro atoms. The highest BCUT2D eigenvalue weighted by atomic mass is 19.1. The largest absolute Gasteiger partial charge is 0.373 e. The number of nitrogens with zero attached hydrogens (tertiary/aromatic N) is 4. The van der Waals surface area contributed by atoms with Crippen LogP contribution in [-0.4, -0.2) is 59.3 Å². The summed E-state index contributed by atoms with van der Waals surface area (Å²) in [6.07, 6.45) is 4.78. The Morgan fingerprint density at radius 2 is 2.00 bits per heavy atom. The van der Waals surface area contributed by atoms with Gasteiger partial charge in [-0.2, -0.15) is 0 Å². The molecule has 2 aliphatic rings. The number of rotatable bonds is 4.